The molecule has 0 N–H and O–H groups in total. The third-order valence-corrected chi connectivity index (χ3v) is 2.78. The van der Waals surface area contributed by atoms with Gasteiger partial charge in [-0.25, -0.2) is 0 Å². The van der Waals surface area contributed by atoms with Gasteiger partial charge in [-0.15, -0.1) is 0 Å². The lowest BCUT2D eigenvalue weighted by atomic mass is 10.1. The van der Waals surface area contributed by atoms with Crippen molar-refractivity contribution in [1.82, 2.24) is 0 Å². The molecule has 0 atom stereocenters. The Morgan fingerprint density at radius 2 is 1.75 bits per heavy atom. The molecule has 0 heterocycles. The van der Waals surface area contributed by atoms with E-state index in [1.165, 1.54) is 21.6 Å². The van der Waals surface area contributed by atoms with Crippen molar-refractivity contribution in [1.29, 1.82) is 0 Å². The highest BCUT2D eigenvalue weighted by molar-refractivity contribution is 6.30. The molecule has 0 amide bonds. The van der Waals surface area contributed by atoms with E-state index in [-0.39, 0.29) is 0 Å². The second-order valence-corrected chi connectivity index (χ2v) is 3.69. The van der Waals surface area contributed by atoms with Crippen LogP contribution in [0.1, 0.15) is 6.42 Å². The molecule has 0 nitrogen and oxygen atoms in total. The quantitative estimate of drug-likeness (QED) is 0.561. The highest BCUT2D eigenvalue weighted by Gasteiger charge is 2.14. The van der Waals surface area contributed by atoms with Crippen molar-refractivity contribution in [2.45, 2.75) is 6.42 Å². The lowest BCUT2D eigenvalue weighted by Gasteiger charge is -1.93. The summed E-state index contributed by atoms with van der Waals surface area (Å²) in [5, 5.41) is 3.54. The van der Waals surface area contributed by atoms with E-state index >= 15 is 0 Å². The van der Waals surface area contributed by atoms with E-state index in [9.17, 15) is 0 Å². The monoisotopic (exact) mass is 174 g/mol. The summed E-state index contributed by atoms with van der Waals surface area (Å²) in [6, 6.07) is 6.13. The first-order chi connectivity index (χ1) is 5.84. The molecule has 2 bridgehead atoms. The molecule has 0 unspecified atom stereocenters. The molecule has 2 aliphatic rings. The van der Waals surface area contributed by atoms with Gasteiger partial charge in [-0.1, -0.05) is 29.8 Å². The highest BCUT2D eigenvalue weighted by atomic mass is 35.5. The van der Waals surface area contributed by atoms with Gasteiger partial charge < -0.3 is 0 Å². The average Bonchev–Trinajstić information content (AvgIpc) is 2.63. The first-order valence-corrected chi connectivity index (χ1v) is 4.42. The molecule has 0 saturated carbocycles. The average molecular weight is 175 g/mol. The zero-order valence-corrected chi connectivity index (χ0v) is 7.23. The number of rotatable bonds is 0. The Labute approximate surface area is 75.5 Å². The summed E-state index contributed by atoms with van der Waals surface area (Å²) < 4.78 is 0. The van der Waals surface area contributed by atoms with Crippen LogP contribution in [0, 0.1) is 0 Å². The highest BCUT2D eigenvalue weighted by Crippen LogP contribution is 2.24. The number of hydrogen-bond donors (Lipinski definition) is 0. The molecule has 2 aliphatic carbocycles. The van der Waals surface area contributed by atoms with Gasteiger partial charge in [0.05, 0.1) is 0 Å². The summed E-state index contributed by atoms with van der Waals surface area (Å²) in [4.78, 5) is 0. The van der Waals surface area contributed by atoms with E-state index in [1.54, 1.807) is 0 Å². The first kappa shape index (κ1) is 6.50. The van der Waals surface area contributed by atoms with Crippen LogP contribution in [0.25, 0.3) is 11.1 Å². The molecule has 1 heteroatoms. The minimum absolute atomic E-state index is 0.836. The van der Waals surface area contributed by atoms with Gasteiger partial charge in [0.15, 0.2) is 0 Å². The fraction of sp³-hybridized carbons (Fsp3) is 0.0909. The van der Waals surface area contributed by atoms with Crippen LogP contribution >= 0.6 is 11.6 Å². The molecule has 0 aliphatic heterocycles. The summed E-state index contributed by atoms with van der Waals surface area (Å²) in [6.45, 7) is 0. The lowest BCUT2D eigenvalue weighted by Crippen LogP contribution is -2.24. The number of fused-ring (bicyclic) bond motifs is 3. The van der Waals surface area contributed by atoms with E-state index in [1.807, 2.05) is 6.07 Å². The second-order valence-electron chi connectivity index (χ2n) is 3.25. The van der Waals surface area contributed by atoms with Gasteiger partial charge in [0.2, 0.25) is 0 Å². The molecule has 0 saturated heterocycles. The predicted octanol–water partition coefficient (Wildman–Crippen LogP) is 1.61. The van der Waals surface area contributed by atoms with Crippen LogP contribution in [0.2, 0.25) is 5.02 Å². The van der Waals surface area contributed by atoms with Crippen molar-refractivity contribution in [2.75, 3.05) is 0 Å². The van der Waals surface area contributed by atoms with E-state index < -0.39 is 0 Å². The molecule has 58 valence electrons. The maximum atomic E-state index is 5.91. The second kappa shape index (κ2) is 2.02. The number of hydrogen-bond acceptors (Lipinski definition) is 0. The zero-order chi connectivity index (χ0) is 8.13. The van der Waals surface area contributed by atoms with Crippen LogP contribution in [0.4, 0.5) is 0 Å². The largest absolute Gasteiger partial charge is 0.0843 e. The Balaban J connectivity index is 2.60. The SMILES string of the molecule is Clc1ccc2c(c1)=C1C=CC=2C1. The van der Waals surface area contributed by atoms with Gasteiger partial charge >= 0.3 is 0 Å². The third kappa shape index (κ3) is 0.683. The Morgan fingerprint density at radius 3 is 2.58 bits per heavy atom. The molecular weight excluding hydrogens is 168 g/mol. The van der Waals surface area contributed by atoms with Gasteiger partial charge in [-0.2, -0.15) is 0 Å². The molecule has 0 fully saturated rings. The Kier molecular flexibility index (Phi) is 1.09. The molecule has 1 aromatic carbocycles. The van der Waals surface area contributed by atoms with E-state index in [4.69, 9.17) is 11.6 Å². The summed E-state index contributed by atoms with van der Waals surface area (Å²) >= 11 is 5.91. The smallest absolute Gasteiger partial charge is 0.0412 e. The fourth-order valence-electron chi connectivity index (χ4n) is 1.96. The molecule has 0 spiro atoms. The van der Waals surface area contributed by atoms with Crippen molar-refractivity contribution < 1.29 is 0 Å². The lowest BCUT2D eigenvalue weighted by molar-refractivity contribution is 1.51. The van der Waals surface area contributed by atoms with Crippen molar-refractivity contribution >= 4 is 22.7 Å². The number of halogens is 1. The minimum atomic E-state index is 0.836. The molecular formula is C11H7Cl. The molecule has 1 aromatic rings. The topological polar surface area (TPSA) is 0 Å². The maximum absolute atomic E-state index is 5.91. The van der Waals surface area contributed by atoms with E-state index in [2.05, 4.69) is 24.3 Å². The van der Waals surface area contributed by atoms with Crippen molar-refractivity contribution in [2.24, 2.45) is 0 Å². The van der Waals surface area contributed by atoms with Crippen LogP contribution in [-0.4, -0.2) is 0 Å². The third-order valence-electron chi connectivity index (χ3n) is 2.54. The fourth-order valence-corrected chi connectivity index (χ4v) is 2.13. The Bertz CT molecular complexity index is 506. The summed E-state index contributed by atoms with van der Waals surface area (Å²) in [6.07, 6.45) is 5.50. The van der Waals surface area contributed by atoms with Crippen LogP contribution in [0.15, 0.2) is 30.4 Å². The van der Waals surface area contributed by atoms with E-state index in [0.29, 0.717) is 0 Å². The molecule has 0 aromatic heterocycles. The van der Waals surface area contributed by atoms with Gasteiger partial charge in [0, 0.05) is 5.02 Å². The summed E-state index contributed by atoms with van der Waals surface area (Å²) in [7, 11) is 0. The van der Waals surface area contributed by atoms with Crippen LogP contribution in [0.3, 0.4) is 0 Å². The van der Waals surface area contributed by atoms with Crippen LogP contribution in [0.5, 0.6) is 0 Å². The maximum Gasteiger partial charge on any atom is 0.0412 e. The number of allylic oxidation sites excluding steroid dienone is 2. The van der Waals surface area contributed by atoms with Gasteiger partial charge in [0.1, 0.15) is 0 Å². The number of benzene rings is 1. The molecule has 0 radical (unpaired) electrons. The minimum Gasteiger partial charge on any atom is -0.0843 e. The van der Waals surface area contributed by atoms with Crippen molar-refractivity contribution in [3.8, 4) is 0 Å². The normalized spacial score (nSPS) is 17.4. The van der Waals surface area contributed by atoms with E-state index in [0.717, 1.165) is 11.4 Å². The molecule has 3 rings (SSSR count). The van der Waals surface area contributed by atoms with Crippen LogP contribution < -0.4 is 10.4 Å². The van der Waals surface area contributed by atoms with Crippen LogP contribution in [-0.2, 0) is 0 Å². The Morgan fingerprint density at radius 1 is 1.00 bits per heavy atom. The first-order valence-electron chi connectivity index (χ1n) is 4.04. The standard InChI is InChI=1S/C11H7Cl/c12-9-3-4-10-7-1-2-8(5-7)11(10)6-9/h1-4,6H,5H2. The summed E-state index contributed by atoms with van der Waals surface area (Å²) in [5.74, 6) is 0. The van der Waals surface area contributed by atoms with Crippen molar-refractivity contribution in [3.63, 3.8) is 0 Å². The molecule has 12 heavy (non-hydrogen) atoms. The Hall–Kier alpha value is -1.01. The summed E-state index contributed by atoms with van der Waals surface area (Å²) in [5.41, 5.74) is 2.86. The predicted molar refractivity (Wildman–Crippen MR) is 51.3 cm³/mol. The van der Waals surface area contributed by atoms with Gasteiger partial charge in [0.25, 0.3) is 0 Å². The van der Waals surface area contributed by atoms with Crippen molar-refractivity contribution in [3.05, 3.63) is 45.8 Å². The van der Waals surface area contributed by atoms with Gasteiger partial charge in [-0.3, -0.25) is 0 Å². The van der Waals surface area contributed by atoms with Gasteiger partial charge in [-0.05, 0) is 40.1 Å². The zero-order valence-electron chi connectivity index (χ0n) is 6.47.